The highest BCUT2D eigenvalue weighted by atomic mass is 16.5. The number of piperidine rings is 1. The number of pyridine rings is 1. The Morgan fingerprint density at radius 2 is 1.83 bits per heavy atom. The Hall–Kier alpha value is -2.67. The zero-order valence-corrected chi connectivity index (χ0v) is 17.2. The maximum absolute atomic E-state index is 11.2. The fourth-order valence-electron chi connectivity index (χ4n) is 3.96. The summed E-state index contributed by atoms with van der Waals surface area (Å²) in [7, 11) is 1.62. The fraction of sp³-hybridized carbons (Fsp3) is 0.375. The minimum atomic E-state index is -0.912. The van der Waals surface area contributed by atoms with E-state index in [0.29, 0.717) is 39.0 Å². The Morgan fingerprint density at radius 1 is 1.07 bits per heavy atom. The number of para-hydroxylation sites is 1. The molecule has 1 fully saturated rings. The van der Waals surface area contributed by atoms with Gasteiger partial charge in [0, 0.05) is 42.7 Å². The maximum atomic E-state index is 11.2. The normalized spacial score (nSPS) is 17.6. The van der Waals surface area contributed by atoms with Crippen LogP contribution in [0.15, 0.2) is 60.8 Å². The molecule has 0 unspecified atom stereocenters. The van der Waals surface area contributed by atoms with Gasteiger partial charge in [-0.2, -0.15) is 0 Å². The molecule has 1 aliphatic rings. The Bertz CT molecular complexity index is 986. The molecule has 30 heavy (non-hydrogen) atoms. The fourth-order valence-corrected chi connectivity index (χ4v) is 3.96. The van der Waals surface area contributed by atoms with Gasteiger partial charge >= 0.3 is 0 Å². The average Bonchev–Trinajstić information content (AvgIpc) is 2.79. The van der Waals surface area contributed by atoms with Crippen molar-refractivity contribution in [2.45, 2.75) is 31.1 Å². The average molecular weight is 408 g/mol. The third-order valence-corrected chi connectivity index (χ3v) is 5.86. The molecular formula is C24H28N2O4. The van der Waals surface area contributed by atoms with Crippen LogP contribution in [0.3, 0.4) is 0 Å². The number of nitrogens with zero attached hydrogens (tertiary/aromatic N) is 2. The molecule has 1 aliphatic heterocycles. The first-order valence-electron chi connectivity index (χ1n) is 10.3. The van der Waals surface area contributed by atoms with Crippen LogP contribution in [-0.4, -0.2) is 53.1 Å². The Morgan fingerprint density at radius 3 is 2.63 bits per heavy atom. The molecule has 1 saturated heterocycles. The quantitative estimate of drug-likeness (QED) is 0.625. The van der Waals surface area contributed by atoms with Crippen LogP contribution >= 0.6 is 0 Å². The SMILES string of the molecule is COc1cccc(OCC[C@H](O)N2CCC(O)(c3cnc4ccccc4c3)CC2)c1. The number of hydrogen-bond acceptors (Lipinski definition) is 6. The van der Waals surface area contributed by atoms with E-state index in [0.717, 1.165) is 28.0 Å². The molecule has 0 aliphatic carbocycles. The number of aromatic nitrogens is 1. The van der Waals surface area contributed by atoms with Gasteiger partial charge < -0.3 is 19.7 Å². The summed E-state index contributed by atoms with van der Waals surface area (Å²) in [5, 5.41) is 22.8. The van der Waals surface area contributed by atoms with Gasteiger partial charge in [0.25, 0.3) is 0 Å². The lowest BCUT2D eigenvalue weighted by molar-refractivity contribution is -0.0819. The maximum Gasteiger partial charge on any atom is 0.122 e. The molecule has 0 spiro atoms. The summed E-state index contributed by atoms with van der Waals surface area (Å²) in [5.41, 5.74) is 0.857. The van der Waals surface area contributed by atoms with Gasteiger partial charge in [-0.05, 0) is 37.1 Å². The van der Waals surface area contributed by atoms with Crippen molar-refractivity contribution in [2.24, 2.45) is 0 Å². The highest BCUT2D eigenvalue weighted by molar-refractivity contribution is 5.78. The summed E-state index contributed by atoms with van der Waals surface area (Å²) in [4.78, 5) is 6.49. The number of aliphatic hydroxyl groups excluding tert-OH is 1. The lowest BCUT2D eigenvalue weighted by Crippen LogP contribution is -2.47. The Kier molecular flexibility index (Phi) is 6.18. The van der Waals surface area contributed by atoms with E-state index in [-0.39, 0.29) is 0 Å². The van der Waals surface area contributed by atoms with E-state index in [4.69, 9.17) is 9.47 Å². The van der Waals surface area contributed by atoms with Crippen LogP contribution < -0.4 is 9.47 Å². The minimum Gasteiger partial charge on any atom is -0.497 e. The van der Waals surface area contributed by atoms with Gasteiger partial charge in [0.15, 0.2) is 0 Å². The van der Waals surface area contributed by atoms with E-state index >= 15 is 0 Å². The topological polar surface area (TPSA) is 75.0 Å². The molecule has 0 radical (unpaired) electrons. The van der Waals surface area contributed by atoms with Crippen LogP contribution in [0.25, 0.3) is 10.9 Å². The van der Waals surface area contributed by atoms with Crippen molar-refractivity contribution in [3.63, 3.8) is 0 Å². The second-order valence-corrected chi connectivity index (χ2v) is 7.78. The predicted octanol–water partition coefficient (Wildman–Crippen LogP) is 3.31. The molecule has 1 aromatic heterocycles. The number of hydrogen-bond donors (Lipinski definition) is 2. The molecule has 4 rings (SSSR count). The first-order chi connectivity index (χ1) is 14.6. The zero-order valence-electron chi connectivity index (χ0n) is 17.2. The Balaban J connectivity index is 1.30. The van der Waals surface area contributed by atoms with Crippen molar-refractivity contribution < 1.29 is 19.7 Å². The number of aliphatic hydroxyl groups is 2. The smallest absolute Gasteiger partial charge is 0.122 e. The molecular weight excluding hydrogens is 380 g/mol. The molecule has 1 atom stereocenters. The largest absolute Gasteiger partial charge is 0.497 e. The van der Waals surface area contributed by atoms with Crippen molar-refractivity contribution >= 4 is 10.9 Å². The van der Waals surface area contributed by atoms with Gasteiger partial charge in [-0.15, -0.1) is 0 Å². The van der Waals surface area contributed by atoms with E-state index < -0.39 is 11.8 Å². The molecule has 0 amide bonds. The van der Waals surface area contributed by atoms with Crippen molar-refractivity contribution in [1.82, 2.24) is 9.88 Å². The number of likely N-dealkylation sites (tertiary alicyclic amines) is 1. The molecule has 0 bridgehead atoms. The molecule has 0 saturated carbocycles. The van der Waals surface area contributed by atoms with Crippen LogP contribution in [0.4, 0.5) is 0 Å². The highest BCUT2D eigenvalue weighted by Crippen LogP contribution is 2.34. The van der Waals surface area contributed by atoms with Crippen LogP contribution in [0.1, 0.15) is 24.8 Å². The number of ether oxygens (including phenoxy) is 2. The van der Waals surface area contributed by atoms with Gasteiger partial charge in [-0.25, -0.2) is 0 Å². The van der Waals surface area contributed by atoms with Crippen LogP contribution in [0, 0.1) is 0 Å². The number of benzene rings is 2. The third kappa shape index (κ3) is 4.56. The van der Waals surface area contributed by atoms with Gasteiger partial charge in [0.05, 0.1) is 24.8 Å². The van der Waals surface area contributed by atoms with E-state index in [1.807, 2.05) is 59.5 Å². The lowest BCUT2D eigenvalue weighted by Gasteiger charge is -2.40. The number of methoxy groups -OCH3 is 1. The zero-order chi connectivity index (χ0) is 21.0. The first-order valence-corrected chi connectivity index (χ1v) is 10.3. The minimum absolute atomic E-state index is 0.406. The number of fused-ring (bicyclic) bond motifs is 1. The lowest BCUT2D eigenvalue weighted by atomic mass is 9.84. The monoisotopic (exact) mass is 408 g/mol. The van der Waals surface area contributed by atoms with E-state index in [2.05, 4.69) is 4.98 Å². The molecule has 3 aromatic rings. The summed E-state index contributed by atoms with van der Waals surface area (Å²) >= 11 is 0. The second-order valence-electron chi connectivity index (χ2n) is 7.78. The van der Waals surface area contributed by atoms with Crippen LogP contribution in [0.2, 0.25) is 0 Å². The van der Waals surface area contributed by atoms with E-state index in [1.54, 1.807) is 13.3 Å². The summed E-state index contributed by atoms with van der Waals surface area (Å²) in [6.07, 6.45) is 2.78. The van der Waals surface area contributed by atoms with Crippen molar-refractivity contribution in [3.8, 4) is 11.5 Å². The van der Waals surface area contributed by atoms with E-state index in [1.165, 1.54) is 0 Å². The van der Waals surface area contributed by atoms with E-state index in [9.17, 15) is 10.2 Å². The summed E-state index contributed by atoms with van der Waals surface area (Å²) in [6, 6.07) is 17.4. The summed E-state index contributed by atoms with van der Waals surface area (Å²) in [5.74, 6) is 1.46. The molecule has 2 N–H and O–H groups in total. The van der Waals surface area contributed by atoms with Gasteiger partial charge in [-0.1, -0.05) is 24.3 Å². The first kappa shape index (κ1) is 20.6. The van der Waals surface area contributed by atoms with Gasteiger partial charge in [-0.3, -0.25) is 9.88 Å². The van der Waals surface area contributed by atoms with Crippen molar-refractivity contribution in [1.29, 1.82) is 0 Å². The summed E-state index contributed by atoms with van der Waals surface area (Å²) < 4.78 is 10.9. The van der Waals surface area contributed by atoms with Gasteiger partial charge in [0.2, 0.25) is 0 Å². The predicted molar refractivity (Wildman–Crippen MR) is 116 cm³/mol. The standard InChI is InChI=1S/C24H28N2O4/c1-29-20-6-4-7-21(16-20)30-14-9-23(27)26-12-10-24(28,11-13-26)19-15-18-5-2-3-8-22(18)25-17-19/h2-8,15-17,23,27-28H,9-14H2,1H3/t23-/m0/s1. The number of rotatable bonds is 7. The highest BCUT2D eigenvalue weighted by Gasteiger charge is 2.36. The third-order valence-electron chi connectivity index (χ3n) is 5.86. The van der Waals surface area contributed by atoms with Crippen molar-refractivity contribution in [2.75, 3.05) is 26.8 Å². The second kappa shape index (κ2) is 9.00. The molecule has 2 aromatic carbocycles. The van der Waals surface area contributed by atoms with Crippen LogP contribution in [0.5, 0.6) is 11.5 Å². The van der Waals surface area contributed by atoms with Crippen molar-refractivity contribution in [3.05, 3.63) is 66.4 Å². The van der Waals surface area contributed by atoms with Crippen LogP contribution in [-0.2, 0) is 5.60 Å². The Labute approximate surface area is 176 Å². The van der Waals surface area contributed by atoms with Gasteiger partial charge in [0.1, 0.15) is 17.7 Å². The molecule has 6 nitrogen and oxygen atoms in total. The molecule has 2 heterocycles. The molecule has 6 heteroatoms. The summed E-state index contributed by atoms with van der Waals surface area (Å²) in [6.45, 7) is 1.64. The molecule has 158 valence electrons.